The molecule has 0 N–H and O–H groups in total. The lowest BCUT2D eigenvalue weighted by Crippen LogP contribution is -2.26. The molecule has 0 spiro atoms. The number of nitrogens with zero attached hydrogens (tertiary/aromatic N) is 3. The molecule has 1 heterocycles. The van der Waals surface area contributed by atoms with Crippen molar-refractivity contribution in [2.75, 3.05) is 7.05 Å². The SMILES string of the molecule is Cc1c(F)cc(S(=O)(=O)N(C)Cc2nccs2)cc1[N+](=O)[O-]. The summed E-state index contributed by atoms with van der Waals surface area (Å²) in [6.45, 7) is 1.23. The van der Waals surface area contributed by atoms with E-state index in [-0.39, 0.29) is 12.1 Å². The Morgan fingerprint density at radius 1 is 1.45 bits per heavy atom. The Kier molecular flexibility index (Phi) is 4.54. The first-order valence-corrected chi connectivity index (χ1v) is 8.34. The lowest BCUT2D eigenvalue weighted by Gasteiger charge is -2.16. The quantitative estimate of drug-likeness (QED) is 0.612. The Morgan fingerprint density at radius 2 is 2.14 bits per heavy atom. The molecule has 0 amide bonds. The van der Waals surface area contributed by atoms with E-state index in [0.29, 0.717) is 5.01 Å². The zero-order valence-corrected chi connectivity index (χ0v) is 13.3. The fourth-order valence-electron chi connectivity index (χ4n) is 1.77. The molecule has 0 fully saturated rings. The molecule has 0 unspecified atom stereocenters. The van der Waals surface area contributed by atoms with Gasteiger partial charge in [-0.3, -0.25) is 10.1 Å². The molecule has 1 aromatic carbocycles. The van der Waals surface area contributed by atoms with Gasteiger partial charge in [0.15, 0.2) is 0 Å². The first-order valence-electron chi connectivity index (χ1n) is 6.02. The van der Waals surface area contributed by atoms with Gasteiger partial charge in [0.05, 0.1) is 21.9 Å². The van der Waals surface area contributed by atoms with Gasteiger partial charge in [0.1, 0.15) is 10.8 Å². The number of halogens is 1. The summed E-state index contributed by atoms with van der Waals surface area (Å²) >= 11 is 1.28. The third-order valence-corrected chi connectivity index (χ3v) is 5.58. The van der Waals surface area contributed by atoms with Gasteiger partial charge in [-0.25, -0.2) is 17.8 Å². The summed E-state index contributed by atoms with van der Waals surface area (Å²) < 4.78 is 39.6. The Bertz CT molecular complexity index is 806. The number of rotatable bonds is 5. The van der Waals surface area contributed by atoms with E-state index in [1.807, 2.05) is 0 Å². The highest BCUT2D eigenvalue weighted by molar-refractivity contribution is 7.89. The molecule has 0 bridgehead atoms. The van der Waals surface area contributed by atoms with E-state index in [1.165, 1.54) is 31.5 Å². The largest absolute Gasteiger partial charge is 0.276 e. The minimum Gasteiger partial charge on any atom is -0.258 e. The number of hydrogen-bond donors (Lipinski definition) is 0. The Morgan fingerprint density at radius 3 is 2.68 bits per heavy atom. The van der Waals surface area contributed by atoms with Crippen molar-refractivity contribution in [1.29, 1.82) is 0 Å². The molecule has 0 aliphatic rings. The van der Waals surface area contributed by atoms with Gasteiger partial charge in [-0.15, -0.1) is 11.3 Å². The third kappa shape index (κ3) is 3.13. The van der Waals surface area contributed by atoms with Crippen LogP contribution in [0.25, 0.3) is 0 Å². The molecule has 7 nitrogen and oxygen atoms in total. The van der Waals surface area contributed by atoms with Crippen LogP contribution in [0.15, 0.2) is 28.6 Å². The van der Waals surface area contributed by atoms with Crippen LogP contribution in [-0.4, -0.2) is 29.7 Å². The summed E-state index contributed by atoms with van der Waals surface area (Å²) in [6.07, 6.45) is 1.54. The summed E-state index contributed by atoms with van der Waals surface area (Å²) in [5.41, 5.74) is -0.771. The maximum Gasteiger partial charge on any atom is 0.276 e. The second kappa shape index (κ2) is 6.07. The number of nitro benzene ring substituents is 1. The first-order chi connectivity index (χ1) is 10.2. The monoisotopic (exact) mass is 345 g/mol. The topological polar surface area (TPSA) is 93.4 Å². The van der Waals surface area contributed by atoms with Crippen LogP contribution in [0.5, 0.6) is 0 Å². The summed E-state index contributed by atoms with van der Waals surface area (Å²) in [7, 11) is -2.75. The highest BCUT2D eigenvalue weighted by Crippen LogP contribution is 2.27. The fraction of sp³-hybridized carbons (Fsp3) is 0.250. The Hall–Kier alpha value is -1.91. The smallest absolute Gasteiger partial charge is 0.258 e. The number of benzene rings is 1. The average molecular weight is 345 g/mol. The Labute approximate surface area is 130 Å². The van der Waals surface area contributed by atoms with Crippen molar-refractivity contribution < 1.29 is 17.7 Å². The number of aromatic nitrogens is 1. The predicted molar refractivity (Wildman–Crippen MR) is 78.6 cm³/mol. The van der Waals surface area contributed by atoms with Gasteiger partial charge in [-0.1, -0.05) is 0 Å². The van der Waals surface area contributed by atoms with Crippen LogP contribution >= 0.6 is 11.3 Å². The average Bonchev–Trinajstić information content (AvgIpc) is 2.93. The number of nitro groups is 1. The van der Waals surface area contributed by atoms with E-state index in [2.05, 4.69) is 4.98 Å². The molecular formula is C12H12FN3O4S2. The third-order valence-electron chi connectivity index (χ3n) is 3.04. The van der Waals surface area contributed by atoms with Gasteiger partial charge >= 0.3 is 0 Å². The molecule has 10 heteroatoms. The van der Waals surface area contributed by atoms with Crippen LogP contribution < -0.4 is 0 Å². The van der Waals surface area contributed by atoms with Crippen LogP contribution in [0.1, 0.15) is 10.6 Å². The fourth-order valence-corrected chi connectivity index (χ4v) is 3.68. The van der Waals surface area contributed by atoms with Crippen LogP contribution in [0.4, 0.5) is 10.1 Å². The summed E-state index contributed by atoms with van der Waals surface area (Å²) in [6, 6.07) is 1.65. The molecule has 0 saturated carbocycles. The van der Waals surface area contributed by atoms with E-state index in [0.717, 1.165) is 16.4 Å². The van der Waals surface area contributed by atoms with Crippen LogP contribution in [0.3, 0.4) is 0 Å². The standard InChI is InChI=1S/C12H12FN3O4S2/c1-8-10(13)5-9(6-11(8)16(17)18)22(19,20)15(2)7-12-14-3-4-21-12/h3-6H,7H2,1-2H3. The summed E-state index contributed by atoms with van der Waals surface area (Å²) in [5, 5.41) is 13.2. The zero-order valence-electron chi connectivity index (χ0n) is 11.7. The molecule has 2 rings (SSSR count). The van der Waals surface area contributed by atoms with Gasteiger partial charge < -0.3 is 0 Å². The normalized spacial score (nSPS) is 11.8. The molecular weight excluding hydrogens is 333 g/mol. The van der Waals surface area contributed by atoms with E-state index >= 15 is 0 Å². The molecule has 0 aliphatic carbocycles. The van der Waals surface area contributed by atoms with Crippen molar-refractivity contribution in [2.24, 2.45) is 0 Å². The second-order valence-electron chi connectivity index (χ2n) is 4.49. The second-order valence-corrected chi connectivity index (χ2v) is 7.52. The predicted octanol–water partition coefficient (Wildman–Crippen LogP) is 2.32. The van der Waals surface area contributed by atoms with Crippen molar-refractivity contribution in [3.63, 3.8) is 0 Å². The van der Waals surface area contributed by atoms with Crippen molar-refractivity contribution in [3.05, 3.63) is 50.2 Å². The molecule has 0 atom stereocenters. The van der Waals surface area contributed by atoms with Crippen molar-refractivity contribution in [1.82, 2.24) is 9.29 Å². The van der Waals surface area contributed by atoms with Gasteiger partial charge in [0, 0.05) is 24.7 Å². The molecule has 1 aromatic heterocycles. The van der Waals surface area contributed by atoms with Gasteiger partial charge in [0.2, 0.25) is 10.0 Å². The molecule has 118 valence electrons. The molecule has 0 radical (unpaired) electrons. The number of sulfonamides is 1. The molecule has 2 aromatic rings. The van der Waals surface area contributed by atoms with Crippen molar-refractivity contribution >= 4 is 27.0 Å². The summed E-state index contributed by atoms with van der Waals surface area (Å²) in [5.74, 6) is -0.935. The minimum atomic E-state index is -4.05. The first kappa shape index (κ1) is 16.5. The zero-order chi connectivity index (χ0) is 16.5. The van der Waals surface area contributed by atoms with E-state index in [9.17, 15) is 22.9 Å². The molecule has 0 aliphatic heterocycles. The number of thiazole rings is 1. The minimum absolute atomic E-state index is 0.00327. The van der Waals surface area contributed by atoms with Crippen LogP contribution in [0.2, 0.25) is 0 Å². The van der Waals surface area contributed by atoms with Crippen molar-refractivity contribution in [2.45, 2.75) is 18.4 Å². The Balaban J connectivity index is 2.43. The summed E-state index contributed by atoms with van der Waals surface area (Å²) in [4.78, 5) is 13.6. The maximum absolute atomic E-state index is 13.8. The van der Waals surface area contributed by atoms with Crippen LogP contribution in [0, 0.1) is 22.9 Å². The number of hydrogen-bond acceptors (Lipinski definition) is 6. The van der Waals surface area contributed by atoms with E-state index in [1.54, 1.807) is 5.38 Å². The van der Waals surface area contributed by atoms with Gasteiger partial charge in [-0.2, -0.15) is 4.31 Å². The highest BCUT2D eigenvalue weighted by Gasteiger charge is 2.27. The van der Waals surface area contributed by atoms with Crippen molar-refractivity contribution in [3.8, 4) is 0 Å². The lowest BCUT2D eigenvalue weighted by molar-refractivity contribution is -0.385. The maximum atomic E-state index is 13.8. The van der Waals surface area contributed by atoms with E-state index in [4.69, 9.17) is 0 Å². The molecule has 22 heavy (non-hydrogen) atoms. The highest BCUT2D eigenvalue weighted by atomic mass is 32.2. The van der Waals surface area contributed by atoms with Crippen LogP contribution in [-0.2, 0) is 16.6 Å². The lowest BCUT2D eigenvalue weighted by atomic mass is 10.2. The molecule has 0 saturated heterocycles. The van der Waals surface area contributed by atoms with Gasteiger partial charge in [-0.05, 0) is 13.0 Å². The van der Waals surface area contributed by atoms with Gasteiger partial charge in [0.25, 0.3) is 5.69 Å². The van der Waals surface area contributed by atoms with E-state index < -0.39 is 31.3 Å².